The minimum Gasteiger partial charge on any atom is -0.443 e. The van der Waals surface area contributed by atoms with Crippen LogP contribution in [0, 0.1) is 5.92 Å². The molecule has 3 unspecified atom stereocenters. The summed E-state index contributed by atoms with van der Waals surface area (Å²) in [4.78, 5) is 24.6. The zero-order chi connectivity index (χ0) is 18.3. The van der Waals surface area contributed by atoms with Crippen LogP contribution in [-0.4, -0.2) is 65.4 Å². The quantitative estimate of drug-likeness (QED) is 0.807. The summed E-state index contributed by atoms with van der Waals surface area (Å²) >= 11 is 0. The summed E-state index contributed by atoms with van der Waals surface area (Å²) in [5.74, 6) is -3.76. The molecule has 0 spiro atoms. The molecule has 0 radical (unpaired) electrons. The van der Waals surface area contributed by atoms with Gasteiger partial charge in [-0.1, -0.05) is 0 Å². The van der Waals surface area contributed by atoms with Crippen LogP contribution < -0.4 is 0 Å². The van der Waals surface area contributed by atoms with E-state index in [0.717, 1.165) is 0 Å². The number of amides is 2. The highest BCUT2D eigenvalue weighted by molar-refractivity contribution is 5.97. The molecule has 0 aromatic rings. The largest absolute Gasteiger partial charge is 0.443 e. The highest BCUT2D eigenvalue weighted by Crippen LogP contribution is 2.42. The molecule has 2 rings (SSSR count). The minimum atomic E-state index is -4.88. The Balaban J connectivity index is 2.30. The first kappa shape index (κ1) is 18.9. The lowest BCUT2D eigenvalue weighted by molar-refractivity contribution is -0.202. The summed E-state index contributed by atoms with van der Waals surface area (Å²) in [5.41, 5.74) is -1.01. The van der Waals surface area contributed by atoms with E-state index in [0.29, 0.717) is 4.90 Å². The van der Waals surface area contributed by atoms with Crippen LogP contribution in [0.3, 0.4) is 0 Å². The first-order valence-electron chi connectivity index (χ1n) is 7.46. The molecule has 0 aromatic heterocycles. The highest BCUT2D eigenvalue weighted by atomic mass is 19.4. The Hall–Kier alpha value is -1.39. The number of ether oxygens (including phenoxy) is 3. The van der Waals surface area contributed by atoms with E-state index in [1.807, 2.05) is 0 Å². The first-order chi connectivity index (χ1) is 10.9. The maximum atomic E-state index is 13.3. The molecule has 2 fully saturated rings. The van der Waals surface area contributed by atoms with Gasteiger partial charge in [0.05, 0.1) is 19.3 Å². The molecule has 0 bridgehead atoms. The van der Waals surface area contributed by atoms with E-state index in [1.165, 1.54) is 20.8 Å². The minimum absolute atomic E-state index is 0.205. The molecule has 1 N–H and O–H groups in total. The Kier molecular flexibility index (Phi) is 5.12. The molecule has 0 saturated carbocycles. The average Bonchev–Trinajstić information content (AvgIpc) is 2.95. The van der Waals surface area contributed by atoms with E-state index >= 15 is 0 Å². The van der Waals surface area contributed by atoms with Crippen molar-refractivity contribution in [2.45, 2.75) is 57.4 Å². The Morgan fingerprint density at radius 2 is 1.83 bits per heavy atom. The summed E-state index contributed by atoms with van der Waals surface area (Å²) in [5, 5.41) is 9.75. The molecule has 2 aliphatic heterocycles. The number of nitrogens with zero attached hydrogens (tertiary/aromatic N) is 1. The molecule has 0 aliphatic carbocycles. The molecule has 138 valence electrons. The highest BCUT2D eigenvalue weighted by Gasteiger charge is 2.62. The fraction of sp³-hybridized carbons (Fsp3) is 0.857. The number of hydrogen-bond donors (Lipinski definition) is 1. The van der Waals surface area contributed by atoms with Gasteiger partial charge in [0.25, 0.3) is 5.91 Å². The van der Waals surface area contributed by atoms with E-state index in [1.54, 1.807) is 0 Å². The molecular formula is C14H20F3NO6. The van der Waals surface area contributed by atoms with Crippen LogP contribution in [-0.2, 0) is 19.0 Å². The van der Waals surface area contributed by atoms with Gasteiger partial charge < -0.3 is 19.3 Å². The van der Waals surface area contributed by atoms with Crippen LogP contribution in [0.1, 0.15) is 27.2 Å². The molecule has 2 amide bonds. The molecule has 2 heterocycles. The van der Waals surface area contributed by atoms with E-state index in [2.05, 4.69) is 0 Å². The number of imide groups is 1. The van der Waals surface area contributed by atoms with Crippen LogP contribution >= 0.6 is 0 Å². The monoisotopic (exact) mass is 355 g/mol. The van der Waals surface area contributed by atoms with Gasteiger partial charge in [-0.05, 0) is 20.8 Å². The Labute approximate surface area is 136 Å². The van der Waals surface area contributed by atoms with Crippen molar-refractivity contribution in [1.82, 2.24) is 4.90 Å². The van der Waals surface area contributed by atoms with E-state index in [-0.39, 0.29) is 13.2 Å². The summed E-state index contributed by atoms with van der Waals surface area (Å²) in [7, 11) is 0. The van der Waals surface area contributed by atoms with Crippen LogP contribution in [0.5, 0.6) is 0 Å². The number of aliphatic hydroxyl groups is 1. The Morgan fingerprint density at radius 3 is 2.29 bits per heavy atom. The molecule has 3 atom stereocenters. The van der Waals surface area contributed by atoms with Crippen molar-refractivity contribution in [3.63, 3.8) is 0 Å². The maximum Gasteiger partial charge on any atom is 0.417 e. The second-order valence-corrected chi connectivity index (χ2v) is 6.68. The van der Waals surface area contributed by atoms with Crippen LogP contribution in [0.2, 0.25) is 0 Å². The van der Waals surface area contributed by atoms with Gasteiger partial charge in [0.15, 0.2) is 6.29 Å². The lowest BCUT2D eigenvalue weighted by Crippen LogP contribution is -2.47. The molecule has 2 aliphatic rings. The summed E-state index contributed by atoms with van der Waals surface area (Å²) in [6.45, 7) is 4.96. The van der Waals surface area contributed by atoms with Crippen molar-refractivity contribution in [3.05, 3.63) is 0 Å². The maximum absolute atomic E-state index is 13.3. The lowest BCUT2D eigenvalue weighted by atomic mass is 9.94. The fourth-order valence-electron chi connectivity index (χ4n) is 2.76. The van der Waals surface area contributed by atoms with E-state index in [9.17, 15) is 27.9 Å². The van der Waals surface area contributed by atoms with Crippen molar-refractivity contribution in [3.8, 4) is 0 Å². The predicted octanol–water partition coefficient (Wildman–Crippen LogP) is 1.43. The topological polar surface area (TPSA) is 85.3 Å². The molecule has 7 nitrogen and oxygen atoms in total. The van der Waals surface area contributed by atoms with E-state index in [4.69, 9.17) is 14.2 Å². The lowest BCUT2D eigenvalue weighted by Gasteiger charge is -2.30. The first-order valence-corrected chi connectivity index (χ1v) is 7.46. The van der Waals surface area contributed by atoms with Crippen LogP contribution in [0.15, 0.2) is 0 Å². The smallest absolute Gasteiger partial charge is 0.417 e. The normalized spacial score (nSPS) is 29.4. The zero-order valence-electron chi connectivity index (χ0n) is 13.5. The van der Waals surface area contributed by atoms with Gasteiger partial charge in [-0.3, -0.25) is 4.79 Å². The number of halogens is 3. The second kappa shape index (κ2) is 6.49. The summed E-state index contributed by atoms with van der Waals surface area (Å²) in [6.07, 6.45) is -9.87. The van der Waals surface area contributed by atoms with Gasteiger partial charge in [-0.25, -0.2) is 9.69 Å². The SMILES string of the molecule is CC(C)(C)OC(=O)N1C(=O)C(O)C(C(F)(F)F)C1CC1OCCO1. The predicted molar refractivity (Wildman–Crippen MR) is 72.7 cm³/mol. The average molecular weight is 355 g/mol. The summed E-state index contributed by atoms with van der Waals surface area (Å²) < 4.78 is 55.2. The number of carbonyl (C=O) groups excluding carboxylic acids is 2. The molecule has 0 aromatic carbocycles. The van der Waals surface area contributed by atoms with Gasteiger partial charge in [0, 0.05) is 6.42 Å². The number of carbonyl (C=O) groups is 2. The Morgan fingerprint density at radius 1 is 1.29 bits per heavy atom. The van der Waals surface area contributed by atoms with Gasteiger partial charge in [0.2, 0.25) is 0 Å². The fourth-order valence-corrected chi connectivity index (χ4v) is 2.76. The van der Waals surface area contributed by atoms with Crippen LogP contribution in [0.4, 0.5) is 18.0 Å². The molecule has 24 heavy (non-hydrogen) atoms. The van der Waals surface area contributed by atoms with Crippen molar-refractivity contribution >= 4 is 12.0 Å². The zero-order valence-corrected chi connectivity index (χ0v) is 13.5. The van der Waals surface area contributed by atoms with Gasteiger partial charge in [-0.15, -0.1) is 0 Å². The van der Waals surface area contributed by atoms with E-state index < -0.39 is 54.6 Å². The number of aliphatic hydroxyl groups excluding tert-OH is 1. The number of alkyl halides is 3. The van der Waals surface area contributed by atoms with Crippen molar-refractivity contribution in [1.29, 1.82) is 0 Å². The second-order valence-electron chi connectivity index (χ2n) is 6.68. The number of likely N-dealkylation sites (tertiary alicyclic amines) is 1. The third-order valence-electron chi connectivity index (χ3n) is 3.67. The number of rotatable bonds is 2. The van der Waals surface area contributed by atoms with Crippen LogP contribution in [0.25, 0.3) is 0 Å². The van der Waals surface area contributed by atoms with Crippen molar-refractivity contribution in [2.75, 3.05) is 13.2 Å². The molecule has 2 saturated heterocycles. The van der Waals surface area contributed by atoms with Gasteiger partial charge in [-0.2, -0.15) is 13.2 Å². The summed E-state index contributed by atoms with van der Waals surface area (Å²) in [6, 6.07) is -1.66. The van der Waals surface area contributed by atoms with Crippen molar-refractivity contribution in [2.24, 2.45) is 5.92 Å². The Bertz CT molecular complexity index is 498. The van der Waals surface area contributed by atoms with Gasteiger partial charge >= 0.3 is 12.3 Å². The van der Waals surface area contributed by atoms with Gasteiger partial charge in [0.1, 0.15) is 17.6 Å². The van der Waals surface area contributed by atoms with Crippen molar-refractivity contribution < 1.29 is 42.1 Å². The third kappa shape index (κ3) is 3.98. The molecule has 10 heteroatoms. The molecular weight excluding hydrogens is 335 g/mol. The third-order valence-corrected chi connectivity index (χ3v) is 3.67. The standard InChI is InChI=1S/C14H20F3NO6/c1-13(2,3)24-12(21)18-7(6-8-22-4-5-23-8)9(14(15,16)17)10(19)11(18)20/h7-10,19H,4-6H2,1-3H3. The number of hydrogen-bond acceptors (Lipinski definition) is 6.